The molecule has 23 heavy (non-hydrogen) atoms. The van der Waals surface area contributed by atoms with E-state index in [0.717, 1.165) is 26.1 Å². The summed E-state index contributed by atoms with van der Waals surface area (Å²) in [7, 11) is 0.138. The molecule has 0 radical (unpaired) electrons. The van der Waals surface area contributed by atoms with Gasteiger partial charge in [-0.2, -0.15) is 4.31 Å². The Morgan fingerprint density at radius 1 is 1.26 bits per heavy atom. The summed E-state index contributed by atoms with van der Waals surface area (Å²) in [6, 6.07) is 0. The molecule has 1 aromatic heterocycles. The molecule has 1 aliphatic rings. The van der Waals surface area contributed by atoms with Crippen LogP contribution in [0.2, 0.25) is 0 Å². The molecule has 0 saturated carbocycles. The van der Waals surface area contributed by atoms with Gasteiger partial charge in [-0.15, -0.1) is 0 Å². The second kappa shape index (κ2) is 7.46. The molecule has 8 heteroatoms. The molecule has 130 valence electrons. The number of rotatable bonds is 6. The van der Waals surface area contributed by atoms with E-state index >= 15 is 0 Å². The van der Waals surface area contributed by atoms with Gasteiger partial charge in [0.2, 0.25) is 10.0 Å². The van der Waals surface area contributed by atoms with E-state index in [1.165, 1.54) is 4.31 Å². The van der Waals surface area contributed by atoms with Crippen LogP contribution in [0.3, 0.4) is 0 Å². The normalized spacial score (nSPS) is 17.9. The van der Waals surface area contributed by atoms with E-state index in [9.17, 15) is 8.42 Å². The minimum atomic E-state index is -3.59. The first-order valence-electron chi connectivity index (χ1n) is 7.89. The predicted octanol–water partition coefficient (Wildman–Crippen LogP) is 1.23. The van der Waals surface area contributed by atoms with Crippen LogP contribution in [0.5, 0.6) is 0 Å². The van der Waals surface area contributed by atoms with Crippen LogP contribution in [0.4, 0.5) is 0 Å². The fraction of sp³-hybridized carbons (Fsp3) is 0.667. The van der Waals surface area contributed by atoms with Crippen molar-refractivity contribution in [3.05, 3.63) is 17.7 Å². The summed E-state index contributed by atoms with van der Waals surface area (Å²) in [4.78, 5) is 4.29. The lowest BCUT2D eigenvalue weighted by molar-refractivity contribution is 0.188. The number of nitrogens with zero attached hydrogens (tertiary/aromatic N) is 4. The van der Waals surface area contributed by atoms with E-state index in [2.05, 4.69) is 17.0 Å². The molecule has 1 fully saturated rings. The van der Waals surface area contributed by atoms with Crippen molar-refractivity contribution in [1.29, 1.82) is 0 Å². The van der Waals surface area contributed by atoms with Crippen molar-refractivity contribution in [3.8, 4) is 0 Å². The van der Waals surface area contributed by atoms with E-state index in [1.807, 2.05) is 19.0 Å². The lowest BCUT2D eigenvalue weighted by atomic mass is 10.3. The van der Waals surface area contributed by atoms with E-state index in [4.69, 9.17) is 4.52 Å². The number of hydrogen-bond acceptors (Lipinski definition) is 6. The van der Waals surface area contributed by atoms with Crippen LogP contribution in [0.1, 0.15) is 24.8 Å². The average Bonchev–Trinajstić information content (AvgIpc) is 2.88. The molecule has 1 aliphatic heterocycles. The van der Waals surface area contributed by atoms with Gasteiger partial charge in [-0.05, 0) is 19.9 Å². The summed E-state index contributed by atoms with van der Waals surface area (Å²) in [5.74, 6) is 0.284. The van der Waals surface area contributed by atoms with Crippen LogP contribution in [-0.4, -0.2) is 74.5 Å². The molecular weight excluding hydrogens is 316 g/mol. The van der Waals surface area contributed by atoms with Gasteiger partial charge in [0.15, 0.2) is 10.7 Å². The molecule has 1 saturated heterocycles. The Kier molecular flexibility index (Phi) is 5.83. The SMILES string of the molecule is CCCN1CCN(S(=O)(=O)c2c(C)noc2C=CN(C)C)CC1. The molecule has 0 spiro atoms. The Balaban J connectivity index is 2.22. The van der Waals surface area contributed by atoms with Gasteiger partial charge in [-0.25, -0.2) is 8.42 Å². The van der Waals surface area contributed by atoms with E-state index in [1.54, 1.807) is 19.2 Å². The molecular formula is C15H26N4O3S. The smallest absolute Gasteiger partial charge is 0.248 e. The summed E-state index contributed by atoms with van der Waals surface area (Å²) in [5, 5.41) is 3.84. The highest BCUT2D eigenvalue weighted by Crippen LogP contribution is 2.26. The molecule has 0 atom stereocenters. The molecule has 7 nitrogen and oxygen atoms in total. The number of sulfonamides is 1. The van der Waals surface area contributed by atoms with Crippen LogP contribution in [0.25, 0.3) is 6.08 Å². The van der Waals surface area contributed by atoms with Gasteiger partial charge in [0.05, 0.1) is 0 Å². The molecule has 0 aromatic carbocycles. The highest BCUT2D eigenvalue weighted by molar-refractivity contribution is 7.89. The molecule has 0 aliphatic carbocycles. The Bertz CT molecular complexity index is 644. The third-order valence-electron chi connectivity index (χ3n) is 3.83. The van der Waals surface area contributed by atoms with Gasteiger partial charge in [-0.1, -0.05) is 12.1 Å². The first kappa shape index (κ1) is 18.0. The fourth-order valence-electron chi connectivity index (χ4n) is 2.65. The summed E-state index contributed by atoms with van der Waals surface area (Å²) in [5.41, 5.74) is 0.402. The second-order valence-corrected chi connectivity index (χ2v) is 7.86. The predicted molar refractivity (Wildman–Crippen MR) is 89.5 cm³/mol. The number of aryl methyl sites for hydroxylation is 1. The van der Waals surface area contributed by atoms with Crippen molar-refractivity contribution in [2.24, 2.45) is 0 Å². The Morgan fingerprint density at radius 2 is 1.91 bits per heavy atom. The summed E-state index contributed by atoms with van der Waals surface area (Å²) in [6.07, 6.45) is 4.47. The fourth-order valence-corrected chi connectivity index (χ4v) is 4.33. The van der Waals surface area contributed by atoms with Crippen LogP contribution < -0.4 is 0 Å². The quantitative estimate of drug-likeness (QED) is 0.774. The van der Waals surface area contributed by atoms with Gasteiger partial charge in [-0.3, -0.25) is 0 Å². The second-order valence-electron chi connectivity index (χ2n) is 5.99. The van der Waals surface area contributed by atoms with Crippen molar-refractivity contribution in [1.82, 2.24) is 19.3 Å². The van der Waals surface area contributed by atoms with Crippen LogP contribution in [0.15, 0.2) is 15.6 Å². The molecule has 0 amide bonds. The monoisotopic (exact) mass is 342 g/mol. The number of hydrogen-bond donors (Lipinski definition) is 0. The Hall–Kier alpha value is -1.38. The minimum Gasteiger partial charge on any atom is -0.383 e. The molecule has 0 N–H and O–H groups in total. The van der Waals surface area contributed by atoms with Gasteiger partial charge < -0.3 is 14.3 Å². The maximum Gasteiger partial charge on any atom is 0.248 e. The third-order valence-corrected chi connectivity index (χ3v) is 5.88. The lowest BCUT2D eigenvalue weighted by Crippen LogP contribution is -2.48. The number of piperazine rings is 1. The van der Waals surface area contributed by atoms with Crippen molar-refractivity contribution < 1.29 is 12.9 Å². The first-order valence-corrected chi connectivity index (χ1v) is 9.33. The van der Waals surface area contributed by atoms with Crippen LogP contribution >= 0.6 is 0 Å². The first-order chi connectivity index (χ1) is 10.9. The summed E-state index contributed by atoms with van der Waals surface area (Å²) < 4.78 is 32.7. The van der Waals surface area contributed by atoms with Gasteiger partial charge in [0, 0.05) is 52.6 Å². The molecule has 0 unspecified atom stereocenters. The standard InChI is InChI=1S/C15H26N4O3S/c1-5-7-18-9-11-19(12-10-18)23(20,21)15-13(2)16-22-14(15)6-8-17(3)4/h6,8H,5,7,9-12H2,1-4H3. The maximum atomic E-state index is 13.0. The van der Waals surface area contributed by atoms with E-state index < -0.39 is 10.0 Å². The van der Waals surface area contributed by atoms with Crippen molar-refractivity contribution >= 4 is 16.1 Å². The number of aromatic nitrogens is 1. The van der Waals surface area contributed by atoms with Crippen molar-refractivity contribution in [2.45, 2.75) is 25.2 Å². The average molecular weight is 342 g/mol. The zero-order chi connectivity index (χ0) is 17.0. The third kappa shape index (κ3) is 4.13. The zero-order valence-electron chi connectivity index (χ0n) is 14.3. The van der Waals surface area contributed by atoms with Crippen molar-refractivity contribution in [2.75, 3.05) is 46.8 Å². The molecule has 2 heterocycles. The van der Waals surface area contributed by atoms with Crippen molar-refractivity contribution in [3.63, 3.8) is 0 Å². The largest absolute Gasteiger partial charge is 0.383 e. The minimum absolute atomic E-state index is 0.180. The van der Waals surface area contributed by atoms with Gasteiger partial charge in [0.25, 0.3) is 0 Å². The Labute approximate surface area is 138 Å². The van der Waals surface area contributed by atoms with Gasteiger partial charge in [0.1, 0.15) is 5.69 Å². The lowest BCUT2D eigenvalue weighted by Gasteiger charge is -2.33. The molecule has 2 rings (SSSR count). The maximum absolute atomic E-state index is 13.0. The highest BCUT2D eigenvalue weighted by atomic mass is 32.2. The summed E-state index contributed by atoms with van der Waals surface area (Å²) in [6.45, 7) is 7.34. The Morgan fingerprint density at radius 3 is 2.48 bits per heavy atom. The van der Waals surface area contributed by atoms with E-state index in [0.29, 0.717) is 18.8 Å². The van der Waals surface area contributed by atoms with Gasteiger partial charge >= 0.3 is 0 Å². The molecule has 0 bridgehead atoms. The molecule has 1 aromatic rings. The highest BCUT2D eigenvalue weighted by Gasteiger charge is 2.33. The summed E-state index contributed by atoms with van der Waals surface area (Å²) >= 11 is 0. The zero-order valence-corrected chi connectivity index (χ0v) is 15.1. The van der Waals surface area contributed by atoms with E-state index in [-0.39, 0.29) is 10.7 Å². The van der Waals surface area contributed by atoms with Crippen LogP contribution in [-0.2, 0) is 10.0 Å². The topological polar surface area (TPSA) is 69.9 Å². The van der Waals surface area contributed by atoms with Crippen LogP contribution in [0, 0.1) is 6.92 Å².